The summed E-state index contributed by atoms with van der Waals surface area (Å²) >= 11 is 12.3. The molecule has 0 amide bonds. The molecule has 3 nitrogen and oxygen atoms in total. The van der Waals surface area contributed by atoms with Crippen molar-refractivity contribution in [2.45, 2.75) is 20.0 Å². The predicted molar refractivity (Wildman–Crippen MR) is 95.9 cm³/mol. The van der Waals surface area contributed by atoms with E-state index in [1.165, 1.54) is 11.1 Å². The Bertz CT molecular complexity index is 823. The first kappa shape index (κ1) is 16.1. The van der Waals surface area contributed by atoms with E-state index in [0.717, 1.165) is 23.5 Å². The summed E-state index contributed by atoms with van der Waals surface area (Å²) in [7, 11) is 0. The monoisotopic (exact) mass is 345 g/mol. The first-order valence-electron chi connectivity index (χ1n) is 7.33. The molecule has 0 radical (unpaired) electrons. The number of benzene rings is 2. The summed E-state index contributed by atoms with van der Waals surface area (Å²) in [5, 5.41) is 1.18. The predicted octanol–water partition coefficient (Wildman–Crippen LogP) is 4.67. The van der Waals surface area contributed by atoms with Crippen molar-refractivity contribution in [2.24, 2.45) is 5.73 Å². The van der Waals surface area contributed by atoms with Crippen molar-refractivity contribution in [3.05, 3.63) is 75.7 Å². The second kappa shape index (κ2) is 6.75. The number of nitrogens with two attached hydrogens (primary N) is 1. The van der Waals surface area contributed by atoms with Gasteiger partial charge in [-0.2, -0.15) is 0 Å². The van der Waals surface area contributed by atoms with Crippen molar-refractivity contribution < 1.29 is 0 Å². The second-order valence-corrected chi connectivity index (χ2v) is 6.33. The van der Waals surface area contributed by atoms with Crippen LogP contribution in [0.3, 0.4) is 0 Å². The van der Waals surface area contributed by atoms with E-state index in [1.54, 1.807) is 6.07 Å². The van der Waals surface area contributed by atoms with Crippen LogP contribution in [0.4, 0.5) is 0 Å². The molecule has 0 saturated heterocycles. The van der Waals surface area contributed by atoms with E-state index < -0.39 is 0 Å². The third kappa shape index (κ3) is 3.42. The Kier molecular flexibility index (Phi) is 4.71. The second-order valence-electron chi connectivity index (χ2n) is 5.48. The van der Waals surface area contributed by atoms with Gasteiger partial charge in [-0.25, -0.2) is 4.98 Å². The molecule has 0 aliphatic rings. The lowest BCUT2D eigenvalue weighted by atomic mass is 10.1. The third-order valence-electron chi connectivity index (χ3n) is 3.80. The average molecular weight is 346 g/mol. The van der Waals surface area contributed by atoms with Gasteiger partial charge in [-0.15, -0.1) is 0 Å². The molecule has 5 heteroatoms. The summed E-state index contributed by atoms with van der Waals surface area (Å²) in [6, 6.07) is 13.8. The molecule has 0 aliphatic carbocycles. The molecule has 3 aromatic rings. The Balaban J connectivity index is 1.98. The molecule has 1 heterocycles. The zero-order valence-electron chi connectivity index (χ0n) is 12.8. The number of rotatable bonds is 4. The number of halogens is 2. The zero-order valence-corrected chi connectivity index (χ0v) is 14.3. The minimum atomic E-state index is 0.389. The first-order valence-corrected chi connectivity index (χ1v) is 8.09. The molecule has 2 aromatic carbocycles. The third-order valence-corrected chi connectivity index (χ3v) is 4.35. The SMILES string of the molecule is Cc1ccc(Cn2cnc(-c3ccc(Cl)cc3Cl)c2CN)cc1. The van der Waals surface area contributed by atoms with Crippen LogP contribution in [0.15, 0.2) is 48.8 Å². The van der Waals surface area contributed by atoms with Gasteiger partial charge in [-0.05, 0) is 30.7 Å². The molecule has 0 unspecified atom stereocenters. The summed E-state index contributed by atoms with van der Waals surface area (Å²) in [5.74, 6) is 0. The number of hydrogen-bond donors (Lipinski definition) is 1. The average Bonchev–Trinajstić information content (AvgIpc) is 2.92. The number of nitrogens with zero attached hydrogens (tertiary/aromatic N) is 2. The summed E-state index contributed by atoms with van der Waals surface area (Å²) in [4.78, 5) is 4.52. The molecular weight excluding hydrogens is 329 g/mol. The van der Waals surface area contributed by atoms with Crippen LogP contribution in [-0.4, -0.2) is 9.55 Å². The van der Waals surface area contributed by atoms with Gasteiger partial charge in [0.2, 0.25) is 0 Å². The minimum Gasteiger partial charge on any atom is -0.328 e. The molecule has 0 atom stereocenters. The number of imidazole rings is 1. The summed E-state index contributed by atoms with van der Waals surface area (Å²) in [6.07, 6.45) is 1.81. The van der Waals surface area contributed by atoms with Gasteiger partial charge in [0.1, 0.15) is 0 Å². The fourth-order valence-electron chi connectivity index (χ4n) is 2.55. The van der Waals surface area contributed by atoms with Crippen molar-refractivity contribution in [1.82, 2.24) is 9.55 Å². The maximum atomic E-state index is 6.31. The van der Waals surface area contributed by atoms with Crippen LogP contribution in [0.5, 0.6) is 0 Å². The number of aromatic nitrogens is 2. The normalized spacial score (nSPS) is 11.0. The largest absolute Gasteiger partial charge is 0.328 e. The van der Waals surface area contributed by atoms with E-state index >= 15 is 0 Å². The fourth-order valence-corrected chi connectivity index (χ4v) is 3.05. The Hall–Kier alpha value is -1.81. The van der Waals surface area contributed by atoms with Crippen LogP contribution < -0.4 is 5.73 Å². The Morgan fingerprint density at radius 1 is 1.09 bits per heavy atom. The molecule has 3 rings (SSSR count). The van der Waals surface area contributed by atoms with E-state index in [-0.39, 0.29) is 0 Å². The van der Waals surface area contributed by atoms with Crippen molar-refractivity contribution in [2.75, 3.05) is 0 Å². The first-order chi connectivity index (χ1) is 11.1. The molecule has 2 N–H and O–H groups in total. The molecule has 0 fully saturated rings. The highest BCUT2D eigenvalue weighted by Gasteiger charge is 2.14. The highest BCUT2D eigenvalue weighted by molar-refractivity contribution is 6.36. The lowest BCUT2D eigenvalue weighted by Crippen LogP contribution is -2.08. The number of aryl methyl sites for hydroxylation is 1. The van der Waals surface area contributed by atoms with Gasteiger partial charge >= 0.3 is 0 Å². The highest BCUT2D eigenvalue weighted by atomic mass is 35.5. The molecule has 0 aliphatic heterocycles. The quantitative estimate of drug-likeness (QED) is 0.746. The van der Waals surface area contributed by atoms with Crippen LogP contribution in [0.25, 0.3) is 11.3 Å². The van der Waals surface area contributed by atoms with Crippen LogP contribution in [-0.2, 0) is 13.1 Å². The Morgan fingerprint density at radius 3 is 2.48 bits per heavy atom. The van der Waals surface area contributed by atoms with E-state index in [0.29, 0.717) is 16.6 Å². The Morgan fingerprint density at radius 2 is 1.83 bits per heavy atom. The molecule has 0 bridgehead atoms. The van der Waals surface area contributed by atoms with Crippen LogP contribution in [0.2, 0.25) is 10.0 Å². The topological polar surface area (TPSA) is 43.8 Å². The van der Waals surface area contributed by atoms with Gasteiger partial charge in [0.25, 0.3) is 0 Å². The Labute approximate surface area is 145 Å². The summed E-state index contributed by atoms with van der Waals surface area (Å²) in [6.45, 7) is 3.19. The van der Waals surface area contributed by atoms with Gasteiger partial charge < -0.3 is 10.3 Å². The molecular formula is C18H17Cl2N3. The maximum absolute atomic E-state index is 6.31. The lowest BCUT2D eigenvalue weighted by Gasteiger charge is -2.10. The van der Waals surface area contributed by atoms with Crippen LogP contribution in [0, 0.1) is 6.92 Å². The lowest BCUT2D eigenvalue weighted by molar-refractivity contribution is 0.740. The van der Waals surface area contributed by atoms with E-state index in [9.17, 15) is 0 Å². The molecule has 1 aromatic heterocycles. The van der Waals surface area contributed by atoms with Crippen molar-refractivity contribution in [1.29, 1.82) is 0 Å². The summed E-state index contributed by atoms with van der Waals surface area (Å²) in [5.41, 5.74) is 11.0. The van der Waals surface area contributed by atoms with Crippen molar-refractivity contribution >= 4 is 23.2 Å². The number of hydrogen-bond acceptors (Lipinski definition) is 2. The van der Waals surface area contributed by atoms with Crippen molar-refractivity contribution in [3.63, 3.8) is 0 Å². The molecule has 0 spiro atoms. The van der Waals surface area contributed by atoms with Crippen LogP contribution in [0.1, 0.15) is 16.8 Å². The fraction of sp³-hybridized carbons (Fsp3) is 0.167. The molecule has 0 saturated carbocycles. The molecule has 23 heavy (non-hydrogen) atoms. The van der Waals surface area contributed by atoms with E-state index in [1.807, 2.05) is 18.5 Å². The minimum absolute atomic E-state index is 0.389. The van der Waals surface area contributed by atoms with Gasteiger partial charge in [0, 0.05) is 23.7 Å². The van der Waals surface area contributed by atoms with Gasteiger partial charge in [0.05, 0.1) is 22.7 Å². The van der Waals surface area contributed by atoms with Gasteiger partial charge in [0.15, 0.2) is 0 Å². The summed E-state index contributed by atoms with van der Waals surface area (Å²) < 4.78 is 2.06. The van der Waals surface area contributed by atoms with E-state index in [2.05, 4.69) is 40.7 Å². The standard InChI is InChI=1S/C18H17Cl2N3/c1-12-2-4-13(5-3-12)10-23-11-22-18(17(23)9-21)15-7-6-14(19)8-16(15)20/h2-8,11H,9-10,21H2,1H3. The molecule has 118 valence electrons. The van der Waals surface area contributed by atoms with Crippen LogP contribution >= 0.6 is 23.2 Å². The maximum Gasteiger partial charge on any atom is 0.0959 e. The zero-order chi connectivity index (χ0) is 16.4. The van der Waals surface area contributed by atoms with E-state index in [4.69, 9.17) is 28.9 Å². The smallest absolute Gasteiger partial charge is 0.0959 e. The van der Waals surface area contributed by atoms with Gasteiger partial charge in [-0.1, -0.05) is 53.0 Å². The van der Waals surface area contributed by atoms with Gasteiger partial charge in [-0.3, -0.25) is 0 Å². The van der Waals surface area contributed by atoms with Crippen molar-refractivity contribution in [3.8, 4) is 11.3 Å². The highest BCUT2D eigenvalue weighted by Crippen LogP contribution is 2.31.